The molecule has 1 saturated carbocycles. The molecule has 150 valence electrons. The molecule has 5 nitrogen and oxygen atoms in total. The summed E-state index contributed by atoms with van der Waals surface area (Å²) in [6.45, 7) is 3.73. The van der Waals surface area contributed by atoms with Crippen molar-refractivity contribution < 1.29 is 9.18 Å². The topological polar surface area (TPSA) is 59.8 Å². The first-order valence-electron chi connectivity index (χ1n) is 10.0. The predicted octanol–water partition coefficient (Wildman–Crippen LogP) is 5.31. The number of rotatable bonds is 4. The van der Waals surface area contributed by atoms with Crippen LogP contribution in [0.2, 0.25) is 0 Å². The van der Waals surface area contributed by atoms with Gasteiger partial charge in [-0.25, -0.2) is 14.1 Å². The fraction of sp³-hybridized carbons (Fsp3) is 0.208. The summed E-state index contributed by atoms with van der Waals surface area (Å²) in [6.07, 6.45) is 2.12. The summed E-state index contributed by atoms with van der Waals surface area (Å²) < 4.78 is 16.0. The van der Waals surface area contributed by atoms with Gasteiger partial charge in [-0.15, -0.1) is 0 Å². The number of fused-ring (bicyclic) bond motifs is 1. The number of carbonyl (C=O) groups is 1. The molecule has 4 aromatic rings. The molecule has 0 atom stereocenters. The lowest BCUT2D eigenvalue weighted by Gasteiger charge is -2.11. The molecule has 5 rings (SSSR count). The lowest BCUT2D eigenvalue weighted by Crippen LogP contribution is -2.15. The van der Waals surface area contributed by atoms with Gasteiger partial charge in [0.2, 0.25) is 0 Å². The van der Waals surface area contributed by atoms with Crippen LogP contribution in [0.4, 0.5) is 10.1 Å². The number of para-hydroxylation sites is 1. The van der Waals surface area contributed by atoms with E-state index in [1.54, 1.807) is 16.8 Å². The van der Waals surface area contributed by atoms with Gasteiger partial charge in [-0.05, 0) is 62.6 Å². The van der Waals surface area contributed by atoms with Crippen molar-refractivity contribution in [2.75, 3.05) is 5.32 Å². The van der Waals surface area contributed by atoms with Crippen LogP contribution in [0.25, 0.3) is 16.7 Å². The molecule has 0 spiro atoms. The van der Waals surface area contributed by atoms with E-state index in [0.29, 0.717) is 28.2 Å². The lowest BCUT2D eigenvalue weighted by molar-refractivity contribution is 0.102. The van der Waals surface area contributed by atoms with Gasteiger partial charge in [0.1, 0.15) is 5.82 Å². The molecule has 1 aliphatic rings. The van der Waals surface area contributed by atoms with Crippen molar-refractivity contribution in [2.24, 2.45) is 0 Å². The van der Waals surface area contributed by atoms with Gasteiger partial charge in [0.25, 0.3) is 5.91 Å². The van der Waals surface area contributed by atoms with Crippen LogP contribution >= 0.6 is 0 Å². The zero-order chi connectivity index (χ0) is 20.8. The minimum Gasteiger partial charge on any atom is -0.319 e. The molecule has 2 aromatic carbocycles. The summed E-state index contributed by atoms with van der Waals surface area (Å²) in [5, 5.41) is 8.09. The van der Waals surface area contributed by atoms with Crippen LogP contribution in [0, 0.1) is 19.7 Å². The number of amides is 1. The molecule has 30 heavy (non-hydrogen) atoms. The Morgan fingerprint density at radius 3 is 2.60 bits per heavy atom. The van der Waals surface area contributed by atoms with E-state index in [-0.39, 0.29) is 11.6 Å². The van der Waals surface area contributed by atoms with Gasteiger partial charge in [-0.2, -0.15) is 5.10 Å². The molecule has 0 saturated heterocycles. The number of aromatic nitrogens is 3. The Labute approximate surface area is 173 Å². The molecular weight excluding hydrogens is 379 g/mol. The molecule has 1 fully saturated rings. The monoisotopic (exact) mass is 400 g/mol. The Morgan fingerprint density at radius 2 is 1.87 bits per heavy atom. The largest absolute Gasteiger partial charge is 0.319 e. The minimum atomic E-state index is -0.460. The zero-order valence-corrected chi connectivity index (χ0v) is 16.8. The summed E-state index contributed by atoms with van der Waals surface area (Å²) in [5.74, 6) is -0.459. The SMILES string of the molecule is Cc1ccc(F)c(NC(=O)c2cc(C3CC3)nc3c2c(C)nn3-c2ccccc2)c1. The maximum absolute atomic E-state index is 14.2. The highest BCUT2D eigenvalue weighted by Gasteiger charge is 2.29. The van der Waals surface area contributed by atoms with Crippen LogP contribution < -0.4 is 5.32 Å². The van der Waals surface area contributed by atoms with Gasteiger partial charge >= 0.3 is 0 Å². The minimum absolute atomic E-state index is 0.172. The summed E-state index contributed by atoms with van der Waals surface area (Å²) in [7, 11) is 0. The molecular formula is C24H21FN4O. The van der Waals surface area contributed by atoms with Crippen LogP contribution in [0.1, 0.15) is 46.1 Å². The summed E-state index contributed by atoms with van der Waals surface area (Å²) in [4.78, 5) is 18.1. The standard InChI is InChI=1S/C24H21FN4O/c1-14-8-11-19(25)21(12-14)27-24(30)18-13-20(16-9-10-16)26-23-22(18)15(2)28-29(23)17-6-4-3-5-7-17/h3-8,11-13,16H,9-10H2,1-2H3,(H,27,30). The average molecular weight is 400 g/mol. The number of nitrogens with zero attached hydrogens (tertiary/aromatic N) is 3. The van der Waals surface area contributed by atoms with Gasteiger partial charge in [0.05, 0.1) is 28.0 Å². The normalized spacial score (nSPS) is 13.6. The highest BCUT2D eigenvalue weighted by molar-refractivity contribution is 6.13. The summed E-state index contributed by atoms with van der Waals surface area (Å²) in [5.41, 5.74) is 4.64. The zero-order valence-electron chi connectivity index (χ0n) is 16.8. The second-order valence-corrected chi connectivity index (χ2v) is 7.84. The first-order chi connectivity index (χ1) is 14.5. The van der Waals surface area contributed by atoms with E-state index in [1.807, 2.05) is 50.2 Å². The van der Waals surface area contributed by atoms with Crippen LogP contribution in [-0.4, -0.2) is 20.7 Å². The smallest absolute Gasteiger partial charge is 0.256 e. The van der Waals surface area contributed by atoms with Crippen molar-refractivity contribution >= 4 is 22.6 Å². The molecule has 1 aliphatic carbocycles. The molecule has 2 aromatic heterocycles. The second-order valence-electron chi connectivity index (χ2n) is 7.84. The van der Waals surface area contributed by atoms with Gasteiger partial charge in [-0.3, -0.25) is 4.79 Å². The molecule has 2 heterocycles. The van der Waals surface area contributed by atoms with E-state index in [1.165, 1.54) is 6.07 Å². The van der Waals surface area contributed by atoms with Gasteiger partial charge in [0, 0.05) is 11.6 Å². The Balaban J connectivity index is 1.66. The molecule has 1 amide bonds. The van der Waals surface area contributed by atoms with Crippen LogP contribution in [0.15, 0.2) is 54.6 Å². The molecule has 0 aliphatic heterocycles. The number of anilines is 1. The number of benzene rings is 2. The lowest BCUT2D eigenvalue weighted by atomic mass is 10.1. The molecule has 0 unspecified atom stereocenters. The van der Waals surface area contributed by atoms with Crippen molar-refractivity contribution in [3.8, 4) is 5.69 Å². The highest BCUT2D eigenvalue weighted by Crippen LogP contribution is 2.40. The van der Waals surface area contributed by atoms with E-state index in [9.17, 15) is 9.18 Å². The number of carbonyl (C=O) groups excluding carboxylic acids is 1. The fourth-order valence-corrected chi connectivity index (χ4v) is 3.75. The summed E-state index contributed by atoms with van der Waals surface area (Å²) >= 11 is 0. The maximum atomic E-state index is 14.2. The molecule has 0 bridgehead atoms. The van der Waals surface area contributed by atoms with E-state index in [0.717, 1.165) is 29.8 Å². The third-order valence-corrected chi connectivity index (χ3v) is 5.44. The number of hydrogen-bond donors (Lipinski definition) is 1. The molecule has 1 N–H and O–H groups in total. The Morgan fingerprint density at radius 1 is 1.10 bits per heavy atom. The van der Waals surface area contributed by atoms with Crippen LogP contribution in [0.5, 0.6) is 0 Å². The summed E-state index contributed by atoms with van der Waals surface area (Å²) in [6, 6.07) is 16.3. The van der Waals surface area contributed by atoms with Gasteiger partial charge in [-0.1, -0.05) is 24.3 Å². The van der Waals surface area contributed by atoms with Crippen LogP contribution in [0.3, 0.4) is 0 Å². The average Bonchev–Trinajstić information content (AvgIpc) is 3.54. The Kier molecular flexibility index (Phi) is 4.35. The van der Waals surface area contributed by atoms with E-state index in [4.69, 9.17) is 4.98 Å². The van der Waals surface area contributed by atoms with E-state index >= 15 is 0 Å². The Hall–Kier alpha value is -3.54. The van der Waals surface area contributed by atoms with E-state index in [2.05, 4.69) is 10.4 Å². The maximum Gasteiger partial charge on any atom is 0.256 e. The van der Waals surface area contributed by atoms with Crippen molar-refractivity contribution in [1.82, 2.24) is 14.8 Å². The number of aryl methyl sites for hydroxylation is 2. The van der Waals surface area contributed by atoms with E-state index < -0.39 is 5.82 Å². The number of halogens is 1. The molecule has 0 radical (unpaired) electrons. The van der Waals surface area contributed by atoms with Gasteiger partial charge < -0.3 is 5.32 Å². The third-order valence-electron chi connectivity index (χ3n) is 5.44. The predicted molar refractivity (Wildman–Crippen MR) is 115 cm³/mol. The number of nitrogens with one attached hydrogen (secondary N) is 1. The second kappa shape index (κ2) is 7.06. The van der Waals surface area contributed by atoms with Crippen molar-refractivity contribution in [3.63, 3.8) is 0 Å². The van der Waals surface area contributed by atoms with Gasteiger partial charge in [0.15, 0.2) is 5.65 Å². The number of pyridine rings is 1. The van der Waals surface area contributed by atoms with Crippen molar-refractivity contribution in [3.05, 3.63) is 82.9 Å². The highest BCUT2D eigenvalue weighted by atomic mass is 19.1. The Bertz CT molecular complexity index is 1280. The quantitative estimate of drug-likeness (QED) is 0.505. The fourth-order valence-electron chi connectivity index (χ4n) is 3.75. The first-order valence-corrected chi connectivity index (χ1v) is 10.0. The first kappa shape index (κ1) is 18.5. The number of hydrogen-bond acceptors (Lipinski definition) is 3. The van der Waals surface area contributed by atoms with Crippen LogP contribution in [-0.2, 0) is 0 Å². The molecule has 6 heteroatoms. The third kappa shape index (κ3) is 3.24. The van der Waals surface area contributed by atoms with Crippen molar-refractivity contribution in [2.45, 2.75) is 32.6 Å². The van der Waals surface area contributed by atoms with Crippen molar-refractivity contribution in [1.29, 1.82) is 0 Å².